The topological polar surface area (TPSA) is 95.7 Å². The Hall–Kier alpha value is -2.53. The number of hydrogen-bond acceptors (Lipinski definition) is 6. The molecule has 0 aromatic heterocycles. The number of anilines is 1. The number of nitrogens with one attached hydrogen (secondary N) is 1. The summed E-state index contributed by atoms with van der Waals surface area (Å²) in [7, 11) is 0. The number of amides is 3. The summed E-state index contributed by atoms with van der Waals surface area (Å²) in [5.41, 5.74) is 5.25. The van der Waals surface area contributed by atoms with Crippen molar-refractivity contribution < 1.29 is 27.6 Å². The van der Waals surface area contributed by atoms with Gasteiger partial charge in [0, 0.05) is 44.8 Å². The fraction of sp³-hybridized carbons (Fsp3) is 0.389. The average Bonchev–Trinajstić information content (AvgIpc) is 2.98. The number of piperazine rings is 1. The normalized spacial score (nSPS) is 19.1. The van der Waals surface area contributed by atoms with Gasteiger partial charge in [-0.1, -0.05) is 0 Å². The van der Waals surface area contributed by atoms with E-state index in [0.717, 1.165) is 12.1 Å². The van der Waals surface area contributed by atoms with Crippen molar-refractivity contribution in [3.63, 3.8) is 0 Å². The maximum absolute atomic E-state index is 13.2. The molecule has 0 spiro atoms. The molecule has 0 aliphatic carbocycles. The third-order valence-corrected chi connectivity index (χ3v) is 5.43. The maximum Gasteiger partial charge on any atom is 0.416 e. The van der Waals surface area contributed by atoms with E-state index in [2.05, 4.69) is 5.32 Å². The van der Waals surface area contributed by atoms with Crippen LogP contribution in [0.1, 0.15) is 17.5 Å². The molecule has 0 atom stereocenters. The van der Waals surface area contributed by atoms with E-state index in [1.54, 1.807) is 4.90 Å². The Labute approximate surface area is 169 Å². The highest BCUT2D eigenvalue weighted by atomic mass is 32.2. The van der Waals surface area contributed by atoms with Gasteiger partial charge in [-0.25, -0.2) is 0 Å². The fourth-order valence-corrected chi connectivity index (χ4v) is 3.85. The summed E-state index contributed by atoms with van der Waals surface area (Å²) in [6.07, 6.45) is -3.00. The molecular formula is C18H19F3N4O3S. The molecule has 3 N–H and O–H groups in total. The van der Waals surface area contributed by atoms with Gasteiger partial charge in [-0.05, 0) is 41.6 Å². The molecule has 2 fully saturated rings. The Balaban J connectivity index is 1.89. The van der Waals surface area contributed by atoms with Crippen LogP contribution in [0.3, 0.4) is 0 Å². The molecule has 0 bridgehead atoms. The van der Waals surface area contributed by atoms with Crippen molar-refractivity contribution in [3.8, 4) is 0 Å². The van der Waals surface area contributed by atoms with E-state index in [1.807, 2.05) is 4.90 Å². The van der Waals surface area contributed by atoms with Crippen LogP contribution in [0.4, 0.5) is 23.7 Å². The van der Waals surface area contributed by atoms with Crippen LogP contribution >= 0.6 is 11.8 Å². The van der Waals surface area contributed by atoms with Crippen molar-refractivity contribution in [2.75, 3.05) is 37.6 Å². The van der Waals surface area contributed by atoms with Crippen LogP contribution < -0.4 is 16.0 Å². The Morgan fingerprint density at radius 2 is 1.90 bits per heavy atom. The summed E-state index contributed by atoms with van der Waals surface area (Å²) in [5, 5.41) is 1.52. The summed E-state index contributed by atoms with van der Waals surface area (Å²) >= 11 is 0.644. The molecule has 7 nitrogen and oxygen atoms in total. The summed E-state index contributed by atoms with van der Waals surface area (Å²) in [6.45, 7) is 1.95. The summed E-state index contributed by atoms with van der Waals surface area (Å²) < 4.78 is 39.5. The largest absolute Gasteiger partial charge is 0.416 e. The highest BCUT2D eigenvalue weighted by Crippen LogP contribution is 2.36. The Kier molecular flexibility index (Phi) is 6.18. The third-order valence-electron chi connectivity index (χ3n) is 4.61. The quantitative estimate of drug-likeness (QED) is 0.713. The average molecular weight is 428 g/mol. The predicted octanol–water partition coefficient (Wildman–Crippen LogP) is 2.03. The highest BCUT2D eigenvalue weighted by Gasteiger charge is 2.32. The van der Waals surface area contributed by atoms with Crippen molar-refractivity contribution >= 4 is 40.6 Å². The smallest absolute Gasteiger partial charge is 0.367 e. The lowest BCUT2D eigenvalue weighted by molar-refractivity contribution is -0.137. The van der Waals surface area contributed by atoms with Gasteiger partial charge in [0.25, 0.3) is 11.1 Å². The van der Waals surface area contributed by atoms with E-state index in [0.29, 0.717) is 43.6 Å². The minimum absolute atomic E-state index is 0.0346. The van der Waals surface area contributed by atoms with Gasteiger partial charge in [0.05, 0.1) is 10.5 Å². The zero-order valence-electron chi connectivity index (χ0n) is 15.3. The predicted molar refractivity (Wildman–Crippen MR) is 103 cm³/mol. The summed E-state index contributed by atoms with van der Waals surface area (Å²) in [6, 6.07) is 3.30. The number of carbonyl (C=O) groups excluding carboxylic acids is 3. The van der Waals surface area contributed by atoms with Gasteiger partial charge in [0.1, 0.15) is 0 Å². The SMILES string of the molecule is NCCC(=O)N1CCN(c2ccc(C(F)(F)F)cc2C=C2SC(=O)NC2=O)CC1. The molecule has 29 heavy (non-hydrogen) atoms. The highest BCUT2D eigenvalue weighted by molar-refractivity contribution is 8.18. The van der Waals surface area contributed by atoms with Gasteiger partial charge in [0.2, 0.25) is 5.91 Å². The molecule has 0 unspecified atom stereocenters. The summed E-state index contributed by atoms with van der Waals surface area (Å²) in [5.74, 6) is -0.694. The Bertz CT molecular complexity index is 864. The first-order valence-corrected chi connectivity index (χ1v) is 9.69. The molecular weight excluding hydrogens is 409 g/mol. The number of halogens is 3. The van der Waals surface area contributed by atoms with E-state index in [9.17, 15) is 27.6 Å². The Morgan fingerprint density at radius 1 is 1.21 bits per heavy atom. The second-order valence-electron chi connectivity index (χ2n) is 6.53. The first-order valence-electron chi connectivity index (χ1n) is 8.88. The lowest BCUT2D eigenvalue weighted by atomic mass is 10.1. The first kappa shape index (κ1) is 21.2. The van der Waals surface area contributed by atoms with Gasteiger partial charge in [-0.3, -0.25) is 19.7 Å². The fourth-order valence-electron chi connectivity index (χ4n) is 3.18. The van der Waals surface area contributed by atoms with Crippen molar-refractivity contribution in [3.05, 3.63) is 34.2 Å². The van der Waals surface area contributed by atoms with Gasteiger partial charge in [0.15, 0.2) is 0 Å². The lowest BCUT2D eigenvalue weighted by Gasteiger charge is -2.37. The zero-order chi connectivity index (χ0) is 21.2. The number of carbonyl (C=O) groups is 3. The second kappa shape index (κ2) is 8.46. The van der Waals surface area contributed by atoms with Gasteiger partial charge in [-0.15, -0.1) is 0 Å². The minimum atomic E-state index is -4.54. The molecule has 3 amide bonds. The van der Waals surface area contributed by atoms with Crippen LogP contribution in [0, 0.1) is 0 Å². The zero-order valence-corrected chi connectivity index (χ0v) is 16.1. The van der Waals surface area contributed by atoms with E-state index in [-0.39, 0.29) is 29.3 Å². The van der Waals surface area contributed by atoms with E-state index >= 15 is 0 Å². The number of hydrogen-bond donors (Lipinski definition) is 2. The van der Waals surface area contributed by atoms with E-state index in [1.165, 1.54) is 12.1 Å². The molecule has 3 rings (SSSR count). The number of imide groups is 1. The van der Waals surface area contributed by atoms with Gasteiger partial charge < -0.3 is 15.5 Å². The van der Waals surface area contributed by atoms with Crippen molar-refractivity contribution in [2.24, 2.45) is 5.73 Å². The van der Waals surface area contributed by atoms with E-state index in [4.69, 9.17) is 5.73 Å². The maximum atomic E-state index is 13.2. The molecule has 0 saturated carbocycles. The molecule has 2 aliphatic heterocycles. The monoisotopic (exact) mass is 428 g/mol. The van der Waals surface area contributed by atoms with Gasteiger partial charge >= 0.3 is 6.18 Å². The third kappa shape index (κ3) is 4.91. The molecule has 156 valence electrons. The molecule has 2 aliphatic rings. The van der Waals surface area contributed by atoms with Crippen molar-refractivity contribution in [1.29, 1.82) is 0 Å². The number of nitrogens with zero attached hydrogens (tertiary/aromatic N) is 2. The minimum Gasteiger partial charge on any atom is -0.367 e. The Morgan fingerprint density at radius 3 is 2.45 bits per heavy atom. The standard InChI is InChI=1S/C18H19F3N4O3S/c19-18(20,21)12-1-2-13(11(9-12)10-14-16(27)23-17(28)29-14)24-5-7-25(8-6-24)15(26)3-4-22/h1-2,9-10H,3-8,22H2,(H,23,27,28). The van der Waals surface area contributed by atoms with Crippen LogP contribution in [0.5, 0.6) is 0 Å². The van der Waals surface area contributed by atoms with Crippen LogP contribution in [0.2, 0.25) is 0 Å². The van der Waals surface area contributed by atoms with Crippen molar-refractivity contribution in [1.82, 2.24) is 10.2 Å². The number of nitrogens with two attached hydrogens (primary N) is 1. The molecule has 2 heterocycles. The number of benzene rings is 1. The molecule has 11 heteroatoms. The second-order valence-corrected chi connectivity index (χ2v) is 7.54. The van der Waals surface area contributed by atoms with E-state index < -0.39 is 22.9 Å². The molecule has 1 aromatic rings. The number of rotatable bonds is 4. The molecule has 2 saturated heterocycles. The molecule has 1 aromatic carbocycles. The van der Waals surface area contributed by atoms with Crippen LogP contribution in [0.25, 0.3) is 6.08 Å². The van der Waals surface area contributed by atoms with Crippen LogP contribution in [-0.4, -0.2) is 54.7 Å². The van der Waals surface area contributed by atoms with Gasteiger partial charge in [-0.2, -0.15) is 13.2 Å². The lowest BCUT2D eigenvalue weighted by Crippen LogP contribution is -2.49. The summed E-state index contributed by atoms with van der Waals surface area (Å²) in [4.78, 5) is 38.7. The van der Waals surface area contributed by atoms with Crippen molar-refractivity contribution in [2.45, 2.75) is 12.6 Å². The van der Waals surface area contributed by atoms with Crippen LogP contribution in [0.15, 0.2) is 23.1 Å². The number of thioether (sulfide) groups is 1. The number of alkyl halides is 3. The van der Waals surface area contributed by atoms with Crippen LogP contribution in [-0.2, 0) is 15.8 Å². The molecule has 0 radical (unpaired) electrons. The first-order chi connectivity index (χ1) is 13.7.